The van der Waals surface area contributed by atoms with Gasteiger partial charge in [0.2, 0.25) is 0 Å². The summed E-state index contributed by atoms with van der Waals surface area (Å²) in [6, 6.07) is -0.0605. The number of fused-ring (bicyclic) bond motifs is 1. The molecule has 5 nitrogen and oxygen atoms in total. The molecule has 0 amide bonds. The third kappa shape index (κ3) is 1.66. The zero-order valence-electron chi connectivity index (χ0n) is 9.71. The Morgan fingerprint density at radius 3 is 2.75 bits per heavy atom. The average molecular weight is 247 g/mol. The molecule has 0 bridgehead atoms. The first kappa shape index (κ1) is 12.2. The number of likely N-dealkylation sites (N-methyl/N-ethyl adjacent to an activating group) is 1. The van der Waals surface area contributed by atoms with Crippen molar-refractivity contribution in [3.63, 3.8) is 0 Å². The summed E-state index contributed by atoms with van der Waals surface area (Å²) < 4.78 is 10.2. The van der Waals surface area contributed by atoms with Crippen molar-refractivity contribution in [3.05, 3.63) is 0 Å². The zero-order valence-corrected chi connectivity index (χ0v) is 10.9. The lowest BCUT2D eigenvalue weighted by Crippen LogP contribution is -2.55. The maximum Gasteiger partial charge on any atom is 0.316 e. The van der Waals surface area contributed by atoms with Gasteiger partial charge in [-0.15, -0.1) is 0 Å². The fourth-order valence-corrected chi connectivity index (χ4v) is 2.86. The number of rotatable bonds is 2. The van der Waals surface area contributed by atoms with Crippen LogP contribution in [0.1, 0.15) is 13.3 Å². The summed E-state index contributed by atoms with van der Waals surface area (Å²) in [5.74, 6) is -1.02. The van der Waals surface area contributed by atoms with Gasteiger partial charge in [-0.25, -0.2) is 0 Å². The first-order chi connectivity index (χ1) is 7.41. The zero-order chi connectivity index (χ0) is 12.1. The largest absolute Gasteiger partial charge is 0.451 e. The molecule has 0 aromatic rings. The van der Waals surface area contributed by atoms with Crippen molar-refractivity contribution in [1.29, 1.82) is 0 Å². The predicted octanol–water partition coefficient (Wildman–Crippen LogP) is -0.212. The lowest BCUT2D eigenvalue weighted by atomic mass is 9.75. The van der Waals surface area contributed by atoms with Gasteiger partial charge in [0.05, 0.1) is 21.7 Å². The van der Waals surface area contributed by atoms with Crippen LogP contribution in [-0.2, 0) is 14.1 Å². The molecule has 1 heterocycles. The summed E-state index contributed by atoms with van der Waals surface area (Å²) in [6.45, 7) is 1.86. The molecule has 0 aromatic heterocycles. The normalized spacial score (nSPS) is 46.4. The van der Waals surface area contributed by atoms with Gasteiger partial charge in [-0.1, -0.05) is 0 Å². The number of aliphatic hydroxyl groups excluding tert-OH is 1. The Balaban J connectivity index is 2.22. The van der Waals surface area contributed by atoms with Crippen molar-refractivity contribution in [3.8, 4) is 0 Å². The Kier molecular flexibility index (Phi) is 2.99. The molecule has 0 spiro atoms. The number of carbonyl (C=O) groups is 1. The number of aliphatic hydroxyl groups is 1. The van der Waals surface area contributed by atoms with Crippen LogP contribution in [0.3, 0.4) is 0 Å². The van der Waals surface area contributed by atoms with E-state index in [1.807, 2.05) is 35.4 Å². The van der Waals surface area contributed by atoms with Gasteiger partial charge in [0.25, 0.3) is 0 Å². The van der Waals surface area contributed by atoms with Crippen LogP contribution in [0.15, 0.2) is 0 Å². The van der Waals surface area contributed by atoms with Crippen LogP contribution in [0.2, 0.25) is 0 Å². The van der Waals surface area contributed by atoms with Crippen molar-refractivity contribution in [2.45, 2.75) is 37.2 Å². The predicted molar refractivity (Wildman–Crippen MR) is 60.7 cm³/mol. The highest BCUT2D eigenvalue weighted by Crippen LogP contribution is 2.52. The highest BCUT2D eigenvalue weighted by atomic mass is 31.0. The van der Waals surface area contributed by atoms with Crippen molar-refractivity contribution in [2.75, 3.05) is 14.1 Å². The number of hydrogen-bond donors (Lipinski definition) is 1. The monoisotopic (exact) mass is 247 g/mol. The summed E-state index contributed by atoms with van der Waals surface area (Å²) in [4.78, 5) is 13.6. The molecule has 3 unspecified atom stereocenters. The van der Waals surface area contributed by atoms with Crippen molar-refractivity contribution >= 4 is 15.4 Å². The van der Waals surface area contributed by atoms with Crippen LogP contribution in [-0.4, -0.2) is 53.9 Å². The number of ether oxygens (including phenoxy) is 1. The summed E-state index contributed by atoms with van der Waals surface area (Å²) in [5.41, 5.74) is -0.542. The molecule has 1 saturated heterocycles. The van der Waals surface area contributed by atoms with E-state index in [2.05, 4.69) is 4.52 Å². The Morgan fingerprint density at radius 2 is 2.25 bits per heavy atom. The van der Waals surface area contributed by atoms with Gasteiger partial charge in [0, 0.05) is 6.04 Å². The molecule has 1 N–H and O–H groups in total. The molecule has 1 aliphatic heterocycles. The second kappa shape index (κ2) is 3.91. The molecule has 2 rings (SSSR count). The molecule has 6 heteroatoms. The number of epoxide rings is 1. The van der Waals surface area contributed by atoms with E-state index in [1.54, 1.807) is 0 Å². The number of hydrogen-bond acceptors (Lipinski definition) is 5. The van der Waals surface area contributed by atoms with Gasteiger partial charge < -0.3 is 19.3 Å². The van der Waals surface area contributed by atoms with E-state index < -0.39 is 23.6 Å². The SMILES string of the molecule is CN(C)C1C[C@H]2OC2(C)[C@H](C(=O)OP)[C@H]1O. The lowest BCUT2D eigenvalue weighted by molar-refractivity contribution is -0.147. The Morgan fingerprint density at radius 1 is 1.62 bits per heavy atom. The highest BCUT2D eigenvalue weighted by molar-refractivity contribution is 7.10. The minimum atomic E-state index is -0.744. The minimum absolute atomic E-state index is 0.0531. The third-order valence-corrected chi connectivity index (χ3v) is 4.05. The van der Waals surface area contributed by atoms with Gasteiger partial charge in [0.15, 0.2) is 0 Å². The Bertz CT molecular complexity index is 311. The maximum absolute atomic E-state index is 11.7. The van der Waals surface area contributed by atoms with Gasteiger partial charge in [0.1, 0.15) is 11.5 Å². The van der Waals surface area contributed by atoms with Gasteiger partial charge >= 0.3 is 5.97 Å². The van der Waals surface area contributed by atoms with Crippen LogP contribution in [0, 0.1) is 5.92 Å². The van der Waals surface area contributed by atoms with E-state index in [0.717, 1.165) is 6.42 Å². The number of carbonyl (C=O) groups excluding carboxylic acids is 1. The summed E-state index contributed by atoms with van der Waals surface area (Å²) in [6.07, 6.45) is 0.0647. The highest BCUT2D eigenvalue weighted by Gasteiger charge is 2.67. The molecule has 1 saturated carbocycles. The molecule has 0 aromatic carbocycles. The molecule has 0 radical (unpaired) electrons. The smallest absolute Gasteiger partial charge is 0.316 e. The maximum atomic E-state index is 11.7. The van der Waals surface area contributed by atoms with Crippen molar-refractivity contribution < 1.29 is 19.2 Å². The minimum Gasteiger partial charge on any atom is -0.451 e. The molecule has 2 aliphatic rings. The quantitative estimate of drug-likeness (QED) is 0.540. The average Bonchev–Trinajstić information content (AvgIpc) is 2.86. The van der Waals surface area contributed by atoms with Crippen molar-refractivity contribution in [2.24, 2.45) is 5.92 Å². The fourth-order valence-electron chi connectivity index (χ4n) is 2.71. The van der Waals surface area contributed by atoms with Crippen molar-refractivity contribution in [1.82, 2.24) is 4.90 Å². The second-order valence-corrected chi connectivity index (χ2v) is 5.20. The first-order valence-corrected chi connectivity index (χ1v) is 5.82. The van der Waals surface area contributed by atoms with E-state index in [0.29, 0.717) is 0 Å². The van der Waals surface area contributed by atoms with E-state index >= 15 is 0 Å². The molecule has 2 fully saturated rings. The summed E-state index contributed by atoms with van der Waals surface area (Å²) in [5, 5.41) is 10.2. The van der Waals surface area contributed by atoms with Crippen LogP contribution >= 0.6 is 9.47 Å². The van der Waals surface area contributed by atoms with Crippen LogP contribution in [0.4, 0.5) is 0 Å². The molecular formula is C10H18NO4P. The van der Waals surface area contributed by atoms with Gasteiger partial charge in [-0.2, -0.15) is 0 Å². The molecule has 16 heavy (non-hydrogen) atoms. The third-order valence-electron chi connectivity index (χ3n) is 3.82. The van der Waals surface area contributed by atoms with Gasteiger partial charge in [-0.3, -0.25) is 4.79 Å². The standard InChI is InChI=1S/C10H18NO4P/c1-10-6(14-10)4-5(11(2)3)8(12)7(10)9(13)15-16/h5-8,12H,4,16H2,1-3H3/t5?,6-,7+,8+,10?/m1/s1. The summed E-state index contributed by atoms with van der Waals surface area (Å²) >= 11 is 0. The Labute approximate surface area is 97.4 Å². The Hall–Kier alpha value is -0.220. The van der Waals surface area contributed by atoms with Crippen LogP contribution in [0.25, 0.3) is 0 Å². The molecular weight excluding hydrogens is 229 g/mol. The topological polar surface area (TPSA) is 62.3 Å². The van der Waals surface area contributed by atoms with Crippen LogP contribution in [0.5, 0.6) is 0 Å². The van der Waals surface area contributed by atoms with Gasteiger partial charge in [-0.05, 0) is 27.4 Å². The van der Waals surface area contributed by atoms with E-state index in [4.69, 9.17) is 4.74 Å². The first-order valence-electron chi connectivity index (χ1n) is 5.34. The van der Waals surface area contributed by atoms with E-state index in [9.17, 15) is 9.90 Å². The van der Waals surface area contributed by atoms with Crippen LogP contribution < -0.4 is 0 Å². The molecule has 1 aliphatic carbocycles. The lowest BCUT2D eigenvalue weighted by Gasteiger charge is -2.37. The van der Waals surface area contributed by atoms with E-state index in [-0.39, 0.29) is 12.1 Å². The molecule has 6 atom stereocenters. The molecule has 92 valence electrons. The summed E-state index contributed by atoms with van der Waals surface area (Å²) in [7, 11) is 5.72. The number of nitrogens with zero attached hydrogens (tertiary/aromatic N) is 1. The second-order valence-electron chi connectivity index (χ2n) is 4.96. The fraction of sp³-hybridized carbons (Fsp3) is 0.900. The van der Waals surface area contributed by atoms with E-state index in [1.165, 1.54) is 0 Å².